The molecule has 2 aromatic rings. The van der Waals surface area contributed by atoms with E-state index in [1.807, 2.05) is 18.2 Å². The molecule has 2 N–H and O–H groups in total. The number of hydrogen-bond donors (Lipinski definition) is 2. The van der Waals surface area contributed by atoms with E-state index in [1.54, 1.807) is 11.8 Å². The summed E-state index contributed by atoms with van der Waals surface area (Å²) in [7, 11) is 0. The van der Waals surface area contributed by atoms with Gasteiger partial charge in [-0.25, -0.2) is 0 Å². The van der Waals surface area contributed by atoms with Crippen LogP contribution in [0.25, 0.3) is 0 Å². The first-order valence-corrected chi connectivity index (χ1v) is 14.6. The molecular formula is C32H41N3O4. The van der Waals surface area contributed by atoms with Crippen LogP contribution in [0, 0.1) is 23.7 Å². The number of ether oxygens (including phenoxy) is 1. The SMILES string of the molecule is CC(=O)CC1CC2C(CC1C)C2Nc1ccc2c(c1)C(=O)N(CC(O)CN1CCc3ccccc3C1)CCO2. The molecule has 6 rings (SSSR count). The smallest absolute Gasteiger partial charge is 0.257 e. The molecule has 2 aliphatic heterocycles. The van der Waals surface area contributed by atoms with Gasteiger partial charge in [0.25, 0.3) is 5.91 Å². The van der Waals surface area contributed by atoms with Crippen LogP contribution in [-0.4, -0.2) is 71.5 Å². The molecule has 0 spiro atoms. The number of carbonyl (C=O) groups excluding carboxylic acids is 2. The third kappa shape index (κ3) is 5.71. The molecule has 39 heavy (non-hydrogen) atoms. The second-order valence-electron chi connectivity index (χ2n) is 12.3. The minimum absolute atomic E-state index is 0.0856. The van der Waals surface area contributed by atoms with Gasteiger partial charge in [0.2, 0.25) is 0 Å². The molecule has 0 radical (unpaired) electrons. The third-order valence-corrected chi connectivity index (χ3v) is 9.46. The first-order chi connectivity index (χ1) is 18.9. The first kappa shape index (κ1) is 26.3. The van der Waals surface area contributed by atoms with E-state index in [0.29, 0.717) is 73.7 Å². The zero-order valence-corrected chi connectivity index (χ0v) is 23.1. The van der Waals surface area contributed by atoms with Gasteiger partial charge in [-0.15, -0.1) is 0 Å². The van der Waals surface area contributed by atoms with Gasteiger partial charge in [-0.2, -0.15) is 0 Å². The number of Topliss-reactive ketones (excluding diaryl/α,β-unsaturated/α-hetero) is 1. The van der Waals surface area contributed by atoms with Crippen LogP contribution in [-0.2, 0) is 17.8 Å². The average Bonchev–Trinajstić information content (AvgIpc) is 3.60. The minimum atomic E-state index is -0.624. The molecule has 2 heterocycles. The number of hydrogen-bond acceptors (Lipinski definition) is 6. The topological polar surface area (TPSA) is 82.1 Å². The zero-order chi connectivity index (χ0) is 27.1. The molecule has 2 fully saturated rings. The Morgan fingerprint density at radius 1 is 1.10 bits per heavy atom. The summed E-state index contributed by atoms with van der Waals surface area (Å²) in [6.07, 6.45) is 3.31. The van der Waals surface area contributed by atoms with E-state index in [2.05, 4.69) is 41.4 Å². The first-order valence-electron chi connectivity index (χ1n) is 14.6. The number of anilines is 1. The number of carbonyl (C=O) groups is 2. The number of aliphatic hydroxyl groups excluding tert-OH is 1. The van der Waals surface area contributed by atoms with Crippen molar-refractivity contribution >= 4 is 17.4 Å². The lowest BCUT2D eigenvalue weighted by Crippen LogP contribution is -2.44. The quantitative estimate of drug-likeness (QED) is 0.536. The van der Waals surface area contributed by atoms with Crippen molar-refractivity contribution in [2.75, 3.05) is 38.1 Å². The van der Waals surface area contributed by atoms with Gasteiger partial charge in [-0.1, -0.05) is 31.2 Å². The number of nitrogens with zero attached hydrogens (tertiary/aromatic N) is 2. The monoisotopic (exact) mass is 531 g/mol. The summed E-state index contributed by atoms with van der Waals surface area (Å²) in [5.41, 5.74) is 4.21. The Balaban J connectivity index is 1.07. The van der Waals surface area contributed by atoms with Crippen molar-refractivity contribution in [2.45, 2.75) is 58.2 Å². The fraction of sp³-hybridized carbons (Fsp3) is 0.562. The maximum atomic E-state index is 13.6. The summed E-state index contributed by atoms with van der Waals surface area (Å²) in [6.45, 7) is 7.44. The van der Waals surface area contributed by atoms with Crippen LogP contribution < -0.4 is 10.1 Å². The maximum Gasteiger partial charge on any atom is 0.257 e. The Kier molecular flexibility index (Phi) is 7.38. The zero-order valence-electron chi connectivity index (χ0n) is 23.1. The normalized spacial score (nSPS) is 28.8. The number of fused-ring (bicyclic) bond motifs is 3. The van der Waals surface area contributed by atoms with Crippen molar-refractivity contribution in [2.24, 2.45) is 23.7 Å². The summed E-state index contributed by atoms with van der Waals surface area (Å²) in [5.74, 6) is 3.11. The van der Waals surface area contributed by atoms with E-state index in [9.17, 15) is 14.7 Å². The van der Waals surface area contributed by atoms with Gasteiger partial charge < -0.3 is 24.9 Å². The fourth-order valence-corrected chi connectivity index (χ4v) is 7.30. The molecule has 2 saturated carbocycles. The minimum Gasteiger partial charge on any atom is -0.491 e. The van der Waals surface area contributed by atoms with E-state index >= 15 is 0 Å². The number of rotatable bonds is 8. The van der Waals surface area contributed by atoms with Gasteiger partial charge in [0.05, 0.1) is 18.2 Å². The Bertz CT molecular complexity index is 1230. The molecule has 1 amide bonds. The molecule has 4 aliphatic rings. The molecule has 0 aromatic heterocycles. The van der Waals surface area contributed by atoms with Crippen molar-refractivity contribution in [1.29, 1.82) is 0 Å². The average molecular weight is 532 g/mol. The third-order valence-electron chi connectivity index (χ3n) is 9.46. The van der Waals surface area contributed by atoms with E-state index in [1.165, 1.54) is 11.1 Å². The lowest BCUT2D eigenvalue weighted by atomic mass is 9.78. The summed E-state index contributed by atoms with van der Waals surface area (Å²) in [4.78, 5) is 29.3. The van der Waals surface area contributed by atoms with Gasteiger partial charge >= 0.3 is 0 Å². The van der Waals surface area contributed by atoms with Gasteiger partial charge in [0.1, 0.15) is 18.1 Å². The summed E-state index contributed by atoms with van der Waals surface area (Å²) in [5, 5.41) is 14.6. The number of amides is 1. The largest absolute Gasteiger partial charge is 0.491 e. The Labute approximate surface area is 231 Å². The molecule has 0 saturated heterocycles. The van der Waals surface area contributed by atoms with Crippen molar-refractivity contribution in [1.82, 2.24) is 9.80 Å². The van der Waals surface area contributed by atoms with Crippen LogP contribution in [0.1, 0.15) is 54.6 Å². The number of ketones is 1. The van der Waals surface area contributed by atoms with Crippen molar-refractivity contribution in [3.05, 3.63) is 59.2 Å². The van der Waals surface area contributed by atoms with Crippen molar-refractivity contribution in [3.63, 3.8) is 0 Å². The lowest BCUT2D eigenvalue weighted by Gasteiger charge is -2.32. The van der Waals surface area contributed by atoms with Crippen LogP contribution in [0.2, 0.25) is 0 Å². The molecule has 208 valence electrons. The molecule has 6 atom stereocenters. The number of benzene rings is 2. The summed E-state index contributed by atoms with van der Waals surface area (Å²) in [6, 6.07) is 14.7. The molecule has 2 aromatic carbocycles. The van der Waals surface area contributed by atoms with Gasteiger partial charge in [0, 0.05) is 44.3 Å². The molecule has 7 nitrogen and oxygen atoms in total. The highest BCUT2D eigenvalue weighted by Gasteiger charge is 2.54. The van der Waals surface area contributed by atoms with Crippen LogP contribution in [0.3, 0.4) is 0 Å². The predicted molar refractivity (Wildman–Crippen MR) is 151 cm³/mol. The van der Waals surface area contributed by atoms with Gasteiger partial charge in [-0.3, -0.25) is 9.69 Å². The number of nitrogens with one attached hydrogen (secondary N) is 1. The second kappa shape index (κ2) is 10.9. The van der Waals surface area contributed by atoms with E-state index in [-0.39, 0.29) is 11.7 Å². The van der Waals surface area contributed by atoms with Crippen LogP contribution in [0.5, 0.6) is 5.75 Å². The van der Waals surface area contributed by atoms with Crippen LogP contribution in [0.4, 0.5) is 5.69 Å². The predicted octanol–water partition coefficient (Wildman–Crippen LogP) is 3.99. The van der Waals surface area contributed by atoms with E-state index in [0.717, 1.165) is 38.0 Å². The molecule has 0 bridgehead atoms. The standard InChI is InChI=1S/C32H41N3O4/c1-20-13-27-28(15-24(20)14-21(2)36)31(27)33-25-7-8-30-29(16-25)32(38)35(11-12-39-30)19-26(37)18-34-10-9-22-5-3-4-6-23(22)17-34/h3-8,16,20,24,26-28,31,33,37H,9-15,17-19H2,1-2H3. The van der Waals surface area contributed by atoms with Gasteiger partial charge in [-0.05, 0) is 79.2 Å². The number of aliphatic hydroxyl groups is 1. The van der Waals surface area contributed by atoms with E-state index < -0.39 is 6.10 Å². The highest BCUT2D eigenvalue weighted by molar-refractivity contribution is 5.98. The Hall–Kier alpha value is -2.90. The highest BCUT2D eigenvalue weighted by Crippen LogP contribution is 2.55. The number of β-amino-alcohol motifs (C(OH)–C–C–N with tert-alkyl or cyclic N) is 1. The Morgan fingerprint density at radius 2 is 1.90 bits per heavy atom. The summed E-state index contributed by atoms with van der Waals surface area (Å²) < 4.78 is 5.94. The van der Waals surface area contributed by atoms with Gasteiger partial charge in [0.15, 0.2) is 0 Å². The Morgan fingerprint density at radius 3 is 2.72 bits per heavy atom. The van der Waals surface area contributed by atoms with E-state index in [4.69, 9.17) is 4.74 Å². The molecule has 7 heteroatoms. The molecule has 2 aliphatic carbocycles. The maximum absolute atomic E-state index is 13.6. The second-order valence-corrected chi connectivity index (χ2v) is 12.3. The highest BCUT2D eigenvalue weighted by atomic mass is 16.5. The summed E-state index contributed by atoms with van der Waals surface area (Å²) >= 11 is 0. The van der Waals surface area contributed by atoms with Crippen LogP contribution in [0.15, 0.2) is 42.5 Å². The van der Waals surface area contributed by atoms with Crippen molar-refractivity contribution < 1.29 is 19.4 Å². The fourth-order valence-electron chi connectivity index (χ4n) is 7.30. The van der Waals surface area contributed by atoms with Crippen LogP contribution >= 0.6 is 0 Å². The molecule has 6 unspecified atom stereocenters. The molecular weight excluding hydrogens is 490 g/mol. The van der Waals surface area contributed by atoms with Crippen molar-refractivity contribution in [3.8, 4) is 5.75 Å². The lowest BCUT2D eigenvalue weighted by molar-refractivity contribution is -0.118.